The van der Waals surface area contributed by atoms with Crippen molar-refractivity contribution in [3.63, 3.8) is 0 Å². The molecule has 0 radical (unpaired) electrons. The first kappa shape index (κ1) is 14.3. The fraction of sp³-hybridized carbons (Fsp3) is 0.455. The summed E-state index contributed by atoms with van der Waals surface area (Å²) in [4.78, 5) is 13.9. The first-order chi connectivity index (χ1) is 8.58. The van der Waals surface area contributed by atoms with Crippen molar-refractivity contribution >= 4 is 23.3 Å². The molecule has 1 unspecified atom stereocenters. The van der Waals surface area contributed by atoms with Gasteiger partial charge in [0.2, 0.25) is 0 Å². The number of nitrogens with one attached hydrogen (secondary N) is 1. The van der Waals surface area contributed by atoms with E-state index in [0.717, 1.165) is 12.6 Å². The third-order valence-electron chi connectivity index (χ3n) is 2.45. The Labute approximate surface area is 110 Å². The highest BCUT2D eigenvalue weighted by molar-refractivity contribution is 7.99. The highest BCUT2D eigenvalue weighted by Gasteiger charge is 2.11. The highest BCUT2D eigenvalue weighted by Crippen LogP contribution is 2.18. The highest BCUT2D eigenvalue weighted by atomic mass is 32.2. The fourth-order valence-corrected chi connectivity index (χ4v) is 1.64. The average molecular weight is 266 g/mol. The van der Waals surface area contributed by atoms with Crippen LogP contribution in [0.5, 0.6) is 0 Å². The van der Waals surface area contributed by atoms with E-state index in [2.05, 4.69) is 17.2 Å². The molecule has 1 heterocycles. The molecule has 1 rings (SSSR count). The largest absolute Gasteiger partial charge is 0.369 e. The van der Waals surface area contributed by atoms with E-state index in [1.807, 2.05) is 12.3 Å². The molecule has 1 aromatic heterocycles. The predicted molar refractivity (Wildman–Crippen MR) is 71.7 cm³/mol. The number of hydrogen-bond acceptors (Lipinski definition) is 6. The molecule has 1 aromatic rings. The van der Waals surface area contributed by atoms with E-state index in [1.54, 1.807) is 11.8 Å². The molecule has 96 valence electrons. The molecular weight excluding hydrogens is 252 g/mol. The van der Waals surface area contributed by atoms with Gasteiger partial charge in [-0.1, -0.05) is 6.92 Å². The van der Waals surface area contributed by atoms with Crippen LogP contribution in [0.1, 0.15) is 18.9 Å². The molecule has 0 aromatic carbocycles. The van der Waals surface area contributed by atoms with Crippen molar-refractivity contribution < 1.29 is 4.92 Å². The van der Waals surface area contributed by atoms with Gasteiger partial charge >= 0.3 is 0 Å². The van der Waals surface area contributed by atoms with Gasteiger partial charge in [-0.25, -0.2) is 4.98 Å². The maximum Gasteiger partial charge on any atom is 0.289 e. The van der Waals surface area contributed by atoms with Crippen molar-refractivity contribution in [3.05, 3.63) is 27.9 Å². The van der Waals surface area contributed by atoms with Crippen LogP contribution in [-0.2, 0) is 0 Å². The molecule has 18 heavy (non-hydrogen) atoms. The lowest BCUT2D eigenvalue weighted by Gasteiger charge is -2.10. The van der Waals surface area contributed by atoms with Gasteiger partial charge < -0.3 is 5.32 Å². The quantitative estimate of drug-likeness (QED) is 0.628. The standard InChI is InChI=1S/C11H14N4O2S/c1-8(18-2)3-4-13-11-9(6-12)5-10(7-14-11)15(16)17/h5,7-8H,3-4H2,1-2H3,(H,13,14). The molecule has 0 fully saturated rings. The van der Waals surface area contributed by atoms with Crippen molar-refractivity contribution in [2.24, 2.45) is 0 Å². The van der Waals surface area contributed by atoms with Gasteiger partial charge in [0, 0.05) is 17.9 Å². The van der Waals surface area contributed by atoms with Crippen LogP contribution in [0.25, 0.3) is 0 Å². The second-order valence-electron chi connectivity index (χ2n) is 3.72. The molecule has 0 spiro atoms. The van der Waals surface area contributed by atoms with Crippen LogP contribution in [0.3, 0.4) is 0 Å². The summed E-state index contributed by atoms with van der Waals surface area (Å²) in [6.45, 7) is 2.79. The van der Waals surface area contributed by atoms with E-state index in [9.17, 15) is 10.1 Å². The number of nitriles is 1. The summed E-state index contributed by atoms with van der Waals surface area (Å²) in [5.41, 5.74) is 0.0237. The summed E-state index contributed by atoms with van der Waals surface area (Å²) in [6, 6.07) is 3.14. The van der Waals surface area contributed by atoms with Crippen LogP contribution >= 0.6 is 11.8 Å². The van der Waals surface area contributed by atoms with Gasteiger partial charge in [-0.3, -0.25) is 10.1 Å². The first-order valence-electron chi connectivity index (χ1n) is 5.39. The van der Waals surface area contributed by atoms with Crippen LogP contribution in [-0.4, -0.2) is 28.0 Å². The summed E-state index contributed by atoms with van der Waals surface area (Å²) in [7, 11) is 0. The van der Waals surface area contributed by atoms with E-state index in [0.29, 0.717) is 17.6 Å². The van der Waals surface area contributed by atoms with Crippen molar-refractivity contribution in [1.82, 2.24) is 4.98 Å². The Morgan fingerprint density at radius 1 is 1.72 bits per heavy atom. The van der Waals surface area contributed by atoms with Crippen molar-refractivity contribution in [3.8, 4) is 6.07 Å². The fourth-order valence-electron chi connectivity index (χ4n) is 1.29. The number of anilines is 1. The third-order valence-corrected chi connectivity index (χ3v) is 3.49. The number of nitrogens with zero attached hydrogens (tertiary/aromatic N) is 3. The van der Waals surface area contributed by atoms with E-state index in [4.69, 9.17) is 5.26 Å². The SMILES string of the molecule is CSC(C)CCNc1ncc([N+](=O)[O-])cc1C#N. The lowest BCUT2D eigenvalue weighted by Crippen LogP contribution is -2.10. The maximum atomic E-state index is 10.6. The minimum absolute atomic E-state index is 0.172. The maximum absolute atomic E-state index is 10.6. The van der Waals surface area contributed by atoms with E-state index >= 15 is 0 Å². The summed E-state index contributed by atoms with van der Waals surface area (Å²) in [5, 5.41) is 23.0. The van der Waals surface area contributed by atoms with Gasteiger partial charge in [-0.2, -0.15) is 17.0 Å². The average Bonchev–Trinajstić information content (AvgIpc) is 2.38. The number of pyridine rings is 1. The smallest absolute Gasteiger partial charge is 0.289 e. The molecule has 1 N–H and O–H groups in total. The Bertz CT molecular complexity index is 473. The van der Waals surface area contributed by atoms with Crippen LogP contribution in [0.2, 0.25) is 0 Å². The van der Waals surface area contributed by atoms with Crippen LogP contribution in [0.4, 0.5) is 11.5 Å². The summed E-state index contributed by atoms with van der Waals surface area (Å²) in [6.07, 6.45) is 4.13. The van der Waals surface area contributed by atoms with Crippen LogP contribution in [0, 0.1) is 21.4 Å². The lowest BCUT2D eigenvalue weighted by atomic mass is 10.2. The number of rotatable bonds is 6. The van der Waals surface area contributed by atoms with Crippen molar-refractivity contribution in [1.29, 1.82) is 5.26 Å². The first-order valence-corrected chi connectivity index (χ1v) is 6.68. The molecule has 6 nitrogen and oxygen atoms in total. The number of nitro groups is 1. The Morgan fingerprint density at radius 2 is 2.44 bits per heavy atom. The zero-order valence-corrected chi connectivity index (χ0v) is 11.0. The van der Waals surface area contributed by atoms with Gasteiger partial charge in [-0.15, -0.1) is 0 Å². The topological polar surface area (TPSA) is 91.8 Å². The molecule has 0 saturated carbocycles. The second kappa shape index (κ2) is 6.81. The van der Waals surface area contributed by atoms with Gasteiger partial charge in [0.15, 0.2) is 0 Å². The molecule has 0 saturated heterocycles. The Morgan fingerprint density at radius 3 is 3.00 bits per heavy atom. The monoisotopic (exact) mass is 266 g/mol. The van der Waals surface area contributed by atoms with Crippen LogP contribution in [0.15, 0.2) is 12.3 Å². The summed E-state index contributed by atoms with van der Waals surface area (Å²) >= 11 is 1.76. The van der Waals surface area contributed by atoms with Crippen molar-refractivity contribution in [2.45, 2.75) is 18.6 Å². The molecule has 0 bridgehead atoms. The number of aromatic nitrogens is 1. The second-order valence-corrected chi connectivity index (χ2v) is 5.00. The molecule has 0 amide bonds. The van der Waals surface area contributed by atoms with E-state index < -0.39 is 4.92 Å². The Kier molecular flexibility index (Phi) is 5.39. The van der Waals surface area contributed by atoms with Gasteiger partial charge in [0.1, 0.15) is 23.6 Å². The van der Waals surface area contributed by atoms with Crippen LogP contribution < -0.4 is 5.32 Å². The minimum atomic E-state index is -0.562. The summed E-state index contributed by atoms with van der Waals surface area (Å²) in [5.74, 6) is 0.399. The minimum Gasteiger partial charge on any atom is -0.369 e. The third kappa shape index (κ3) is 3.89. The zero-order chi connectivity index (χ0) is 13.5. The molecule has 0 aliphatic rings. The zero-order valence-electron chi connectivity index (χ0n) is 10.2. The Hall–Kier alpha value is -1.81. The van der Waals surface area contributed by atoms with Gasteiger partial charge in [0.25, 0.3) is 5.69 Å². The normalized spacial score (nSPS) is 11.6. The van der Waals surface area contributed by atoms with Gasteiger partial charge in [0.05, 0.1) is 4.92 Å². The summed E-state index contributed by atoms with van der Waals surface area (Å²) < 4.78 is 0. The van der Waals surface area contributed by atoms with Gasteiger partial charge in [-0.05, 0) is 12.7 Å². The van der Waals surface area contributed by atoms with E-state index in [1.165, 1.54) is 6.07 Å². The molecule has 1 atom stereocenters. The number of hydrogen-bond donors (Lipinski definition) is 1. The number of thioether (sulfide) groups is 1. The van der Waals surface area contributed by atoms with Crippen molar-refractivity contribution in [2.75, 3.05) is 18.1 Å². The predicted octanol–water partition coefficient (Wildman–Crippen LogP) is 2.41. The molecule has 0 aliphatic carbocycles. The lowest BCUT2D eigenvalue weighted by molar-refractivity contribution is -0.385. The van der Waals surface area contributed by atoms with E-state index in [-0.39, 0.29) is 11.3 Å². The Balaban J connectivity index is 2.72. The molecular formula is C11H14N4O2S. The molecule has 7 heteroatoms. The molecule has 0 aliphatic heterocycles.